The van der Waals surface area contributed by atoms with E-state index in [9.17, 15) is 0 Å². The van der Waals surface area contributed by atoms with Crippen molar-refractivity contribution in [2.24, 2.45) is 0 Å². The smallest absolute Gasteiger partial charge is 0.106 e. The first kappa shape index (κ1) is 12.6. The van der Waals surface area contributed by atoms with Gasteiger partial charge < -0.3 is 10.3 Å². The van der Waals surface area contributed by atoms with Gasteiger partial charge in [0.25, 0.3) is 0 Å². The van der Waals surface area contributed by atoms with Crippen LogP contribution in [0, 0.1) is 3.57 Å². The molecule has 0 bridgehead atoms. The number of benzene rings is 1. The molecule has 4 heteroatoms. The molecule has 2 rings (SSSR count). The van der Waals surface area contributed by atoms with E-state index >= 15 is 0 Å². The summed E-state index contributed by atoms with van der Waals surface area (Å²) in [6.07, 6.45) is 4.01. The Kier molecular flexibility index (Phi) is 4.56. The normalized spacial score (nSPS) is 10.7. The SMILES string of the molecule is CNCCCc1ncc(-c2ccc(I)cc2)[nH]1. The van der Waals surface area contributed by atoms with Crippen LogP contribution in [-0.2, 0) is 6.42 Å². The van der Waals surface area contributed by atoms with Crippen LogP contribution in [0.15, 0.2) is 30.5 Å². The fourth-order valence-electron chi connectivity index (χ4n) is 1.70. The van der Waals surface area contributed by atoms with E-state index in [1.54, 1.807) is 0 Å². The fourth-order valence-corrected chi connectivity index (χ4v) is 2.06. The van der Waals surface area contributed by atoms with Gasteiger partial charge in [-0.05, 0) is 60.3 Å². The van der Waals surface area contributed by atoms with Crippen molar-refractivity contribution in [2.75, 3.05) is 13.6 Å². The first-order valence-electron chi connectivity index (χ1n) is 5.74. The van der Waals surface area contributed by atoms with Gasteiger partial charge in [0.15, 0.2) is 0 Å². The van der Waals surface area contributed by atoms with Gasteiger partial charge in [-0.2, -0.15) is 0 Å². The molecule has 2 N–H and O–H groups in total. The lowest BCUT2D eigenvalue weighted by atomic mass is 10.2. The van der Waals surface area contributed by atoms with Crippen LogP contribution in [-0.4, -0.2) is 23.6 Å². The Morgan fingerprint density at radius 2 is 2.06 bits per heavy atom. The summed E-state index contributed by atoms with van der Waals surface area (Å²) in [5.74, 6) is 1.06. The average molecular weight is 341 g/mol. The summed E-state index contributed by atoms with van der Waals surface area (Å²) < 4.78 is 1.25. The summed E-state index contributed by atoms with van der Waals surface area (Å²) in [6.45, 7) is 1.03. The molecule has 0 amide bonds. The van der Waals surface area contributed by atoms with Crippen LogP contribution in [0.2, 0.25) is 0 Å². The van der Waals surface area contributed by atoms with Crippen LogP contribution in [0.5, 0.6) is 0 Å². The molecule has 0 saturated carbocycles. The molecule has 0 aliphatic carbocycles. The maximum atomic E-state index is 4.40. The van der Waals surface area contributed by atoms with E-state index in [1.165, 1.54) is 9.13 Å². The Hall–Kier alpha value is -0.880. The molecule has 1 heterocycles. The fraction of sp³-hybridized carbons (Fsp3) is 0.308. The summed E-state index contributed by atoms with van der Waals surface area (Å²) in [5.41, 5.74) is 2.29. The number of rotatable bonds is 5. The van der Waals surface area contributed by atoms with Crippen molar-refractivity contribution >= 4 is 22.6 Å². The minimum atomic E-state index is 0.991. The quantitative estimate of drug-likeness (QED) is 0.649. The molecular weight excluding hydrogens is 325 g/mol. The molecule has 1 aromatic carbocycles. The van der Waals surface area contributed by atoms with Gasteiger partial charge in [0.05, 0.1) is 11.9 Å². The lowest BCUT2D eigenvalue weighted by Crippen LogP contribution is -2.08. The lowest BCUT2D eigenvalue weighted by molar-refractivity contribution is 0.707. The molecule has 2 aromatic rings. The highest BCUT2D eigenvalue weighted by atomic mass is 127. The van der Waals surface area contributed by atoms with E-state index in [4.69, 9.17) is 0 Å². The van der Waals surface area contributed by atoms with E-state index < -0.39 is 0 Å². The number of H-pyrrole nitrogens is 1. The highest BCUT2D eigenvalue weighted by molar-refractivity contribution is 14.1. The third-order valence-electron chi connectivity index (χ3n) is 2.62. The van der Waals surface area contributed by atoms with Crippen molar-refractivity contribution in [3.05, 3.63) is 39.9 Å². The summed E-state index contributed by atoms with van der Waals surface area (Å²) in [4.78, 5) is 7.77. The summed E-state index contributed by atoms with van der Waals surface area (Å²) in [5, 5.41) is 3.14. The number of nitrogens with one attached hydrogen (secondary N) is 2. The zero-order chi connectivity index (χ0) is 12.1. The Labute approximate surface area is 115 Å². The van der Waals surface area contributed by atoms with Crippen molar-refractivity contribution < 1.29 is 0 Å². The second-order valence-corrected chi connectivity index (χ2v) is 5.20. The standard InChI is InChI=1S/C13H16IN3/c1-15-8-2-3-13-16-9-12(17-13)10-4-6-11(14)7-5-10/h4-7,9,15H,2-3,8H2,1H3,(H,16,17). The van der Waals surface area contributed by atoms with Gasteiger partial charge in [-0.25, -0.2) is 4.98 Å². The third kappa shape index (κ3) is 3.54. The van der Waals surface area contributed by atoms with Gasteiger partial charge in [-0.1, -0.05) is 12.1 Å². The van der Waals surface area contributed by atoms with E-state index in [0.29, 0.717) is 0 Å². The summed E-state index contributed by atoms with van der Waals surface area (Å²) >= 11 is 2.31. The zero-order valence-electron chi connectivity index (χ0n) is 9.83. The molecule has 0 fully saturated rings. The number of hydrogen-bond acceptors (Lipinski definition) is 2. The first-order chi connectivity index (χ1) is 8.29. The van der Waals surface area contributed by atoms with Crippen LogP contribution in [0.3, 0.4) is 0 Å². The second kappa shape index (κ2) is 6.16. The predicted molar refractivity (Wildman–Crippen MR) is 79.0 cm³/mol. The minimum Gasteiger partial charge on any atom is -0.342 e. The largest absolute Gasteiger partial charge is 0.342 e. The third-order valence-corrected chi connectivity index (χ3v) is 3.34. The minimum absolute atomic E-state index is 0.991. The molecule has 0 radical (unpaired) electrons. The van der Waals surface area contributed by atoms with Gasteiger partial charge in [-0.3, -0.25) is 0 Å². The van der Waals surface area contributed by atoms with Crippen molar-refractivity contribution in [2.45, 2.75) is 12.8 Å². The number of halogens is 1. The molecule has 0 unspecified atom stereocenters. The van der Waals surface area contributed by atoms with E-state index in [-0.39, 0.29) is 0 Å². The van der Waals surface area contributed by atoms with E-state index in [0.717, 1.165) is 30.9 Å². The maximum absolute atomic E-state index is 4.40. The van der Waals surface area contributed by atoms with Gasteiger partial charge >= 0.3 is 0 Å². The summed E-state index contributed by atoms with van der Waals surface area (Å²) in [7, 11) is 1.97. The van der Waals surface area contributed by atoms with Crippen molar-refractivity contribution in [3.8, 4) is 11.3 Å². The number of hydrogen-bond donors (Lipinski definition) is 2. The second-order valence-electron chi connectivity index (χ2n) is 3.96. The highest BCUT2D eigenvalue weighted by Gasteiger charge is 2.02. The Bertz CT molecular complexity index is 462. The molecule has 17 heavy (non-hydrogen) atoms. The summed E-state index contributed by atoms with van der Waals surface area (Å²) in [6, 6.07) is 8.45. The number of imidazole rings is 1. The topological polar surface area (TPSA) is 40.7 Å². The van der Waals surface area contributed by atoms with Crippen LogP contribution in [0.4, 0.5) is 0 Å². The van der Waals surface area contributed by atoms with E-state index in [1.807, 2.05) is 13.2 Å². The molecule has 0 atom stereocenters. The van der Waals surface area contributed by atoms with Gasteiger partial charge in [-0.15, -0.1) is 0 Å². The molecule has 0 aliphatic heterocycles. The Morgan fingerprint density at radius 3 is 2.76 bits per heavy atom. The molecule has 1 aromatic heterocycles. The monoisotopic (exact) mass is 341 g/mol. The van der Waals surface area contributed by atoms with Crippen LogP contribution in [0.1, 0.15) is 12.2 Å². The molecule has 3 nitrogen and oxygen atoms in total. The van der Waals surface area contributed by atoms with Crippen molar-refractivity contribution in [3.63, 3.8) is 0 Å². The number of aromatic nitrogens is 2. The molecule has 0 spiro atoms. The van der Waals surface area contributed by atoms with Crippen LogP contribution >= 0.6 is 22.6 Å². The van der Waals surface area contributed by atoms with Gasteiger partial charge in [0.1, 0.15) is 5.82 Å². The zero-order valence-corrected chi connectivity index (χ0v) is 12.0. The molecule has 90 valence electrons. The highest BCUT2D eigenvalue weighted by Crippen LogP contribution is 2.18. The first-order valence-corrected chi connectivity index (χ1v) is 6.82. The van der Waals surface area contributed by atoms with Crippen molar-refractivity contribution in [1.29, 1.82) is 0 Å². The van der Waals surface area contributed by atoms with Gasteiger partial charge in [0, 0.05) is 9.99 Å². The van der Waals surface area contributed by atoms with Crippen molar-refractivity contribution in [1.82, 2.24) is 15.3 Å². The lowest BCUT2D eigenvalue weighted by Gasteiger charge is -1.98. The van der Waals surface area contributed by atoms with Crippen LogP contribution in [0.25, 0.3) is 11.3 Å². The average Bonchev–Trinajstić information content (AvgIpc) is 2.79. The predicted octanol–water partition coefficient (Wildman–Crippen LogP) is 2.83. The van der Waals surface area contributed by atoms with Crippen LogP contribution < -0.4 is 5.32 Å². The van der Waals surface area contributed by atoms with Gasteiger partial charge in [0.2, 0.25) is 0 Å². The number of aryl methyl sites for hydroxylation is 1. The molecule has 0 aliphatic rings. The Balaban J connectivity index is 2.04. The van der Waals surface area contributed by atoms with E-state index in [2.05, 4.69) is 62.1 Å². The molecule has 0 saturated heterocycles. The number of aromatic amines is 1. The molecular formula is C13H16IN3. The Morgan fingerprint density at radius 1 is 1.29 bits per heavy atom. The number of nitrogens with zero attached hydrogens (tertiary/aromatic N) is 1. The maximum Gasteiger partial charge on any atom is 0.106 e.